The van der Waals surface area contributed by atoms with Gasteiger partial charge >= 0.3 is 0 Å². The summed E-state index contributed by atoms with van der Waals surface area (Å²) >= 11 is 0. The molecular weight excluding hydrogens is 204 g/mol. The Labute approximate surface area is 97.3 Å². The number of hydrogen-bond acceptors (Lipinski definition) is 3. The second-order valence-electron chi connectivity index (χ2n) is 3.75. The first kappa shape index (κ1) is 12.7. The van der Waals surface area contributed by atoms with Crippen molar-refractivity contribution in [2.24, 2.45) is 0 Å². The predicted molar refractivity (Wildman–Crippen MR) is 64.8 cm³/mol. The van der Waals surface area contributed by atoms with Crippen LogP contribution in [0.1, 0.15) is 31.7 Å². The Balaban J connectivity index is 3.31. The molecule has 0 saturated heterocycles. The second kappa shape index (κ2) is 5.64. The largest absolute Gasteiger partial charge is 0.496 e. The SMILES string of the molecule is CCC(C)c1c(OC)cc(OC)cc1OC. The molecule has 3 nitrogen and oxygen atoms in total. The minimum absolute atomic E-state index is 0.399. The molecule has 1 unspecified atom stereocenters. The zero-order valence-corrected chi connectivity index (χ0v) is 10.7. The van der Waals surface area contributed by atoms with Gasteiger partial charge in [0.2, 0.25) is 0 Å². The minimum Gasteiger partial charge on any atom is -0.496 e. The Kier molecular flexibility index (Phi) is 4.47. The Morgan fingerprint density at radius 3 is 1.81 bits per heavy atom. The normalized spacial score (nSPS) is 12.1. The van der Waals surface area contributed by atoms with Crippen molar-refractivity contribution < 1.29 is 14.2 Å². The molecule has 16 heavy (non-hydrogen) atoms. The van der Waals surface area contributed by atoms with Crippen LogP contribution in [0.5, 0.6) is 17.2 Å². The van der Waals surface area contributed by atoms with Crippen LogP contribution >= 0.6 is 0 Å². The van der Waals surface area contributed by atoms with Crippen molar-refractivity contribution in [3.05, 3.63) is 17.7 Å². The summed E-state index contributed by atoms with van der Waals surface area (Å²) in [6, 6.07) is 3.79. The number of rotatable bonds is 5. The summed E-state index contributed by atoms with van der Waals surface area (Å²) < 4.78 is 16.0. The lowest BCUT2D eigenvalue weighted by Crippen LogP contribution is -2.01. The van der Waals surface area contributed by atoms with E-state index in [1.54, 1.807) is 21.3 Å². The highest BCUT2D eigenvalue weighted by molar-refractivity contribution is 5.52. The van der Waals surface area contributed by atoms with E-state index in [0.29, 0.717) is 5.92 Å². The van der Waals surface area contributed by atoms with Gasteiger partial charge in [-0.15, -0.1) is 0 Å². The molecule has 1 atom stereocenters. The maximum Gasteiger partial charge on any atom is 0.129 e. The van der Waals surface area contributed by atoms with Gasteiger partial charge < -0.3 is 14.2 Å². The molecule has 3 heteroatoms. The zero-order valence-electron chi connectivity index (χ0n) is 10.7. The third kappa shape index (κ3) is 2.40. The van der Waals surface area contributed by atoms with Gasteiger partial charge in [0.15, 0.2) is 0 Å². The highest BCUT2D eigenvalue weighted by atomic mass is 16.5. The third-order valence-electron chi connectivity index (χ3n) is 2.86. The molecule has 0 spiro atoms. The van der Waals surface area contributed by atoms with E-state index in [2.05, 4.69) is 13.8 Å². The molecule has 0 N–H and O–H groups in total. The number of methoxy groups -OCH3 is 3. The molecule has 0 aliphatic heterocycles. The summed E-state index contributed by atoms with van der Waals surface area (Å²) in [6.45, 7) is 4.31. The average molecular weight is 224 g/mol. The van der Waals surface area contributed by atoms with Crippen molar-refractivity contribution in [1.29, 1.82) is 0 Å². The van der Waals surface area contributed by atoms with Gasteiger partial charge in [-0.25, -0.2) is 0 Å². The molecule has 0 aromatic heterocycles. The first-order chi connectivity index (χ1) is 7.67. The molecule has 0 aliphatic carbocycles. The molecule has 0 fully saturated rings. The van der Waals surface area contributed by atoms with E-state index in [-0.39, 0.29) is 0 Å². The smallest absolute Gasteiger partial charge is 0.129 e. The summed E-state index contributed by atoms with van der Waals surface area (Å²) in [5.74, 6) is 2.80. The molecule has 90 valence electrons. The van der Waals surface area contributed by atoms with Gasteiger partial charge in [-0.05, 0) is 12.3 Å². The zero-order chi connectivity index (χ0) is 12.1. The van der Waals surface area contributed by atoms with Gasteiger partial charge in [0.1, 0.15) is 17.2 Å². The summed E-state index contributed by atoms with van der Waals surface area (Å²) in [5.41, 5.74) is 1.10. The molecule has 0 bridgehead atoms. The number of ether oxygens (including phenoxy) is 3. The van der Waals surface area contributed by atoms with Crippen LogP contribution in [0.25, 0.3) is 0 Å². The van der Waals surface area contributed by atoms with Gasteiger partial charge in [-0.2, -0.15) is 0 Å². The molecule has 0 heterocycles. The maximum atomic E-state index is 5.39. The Morgan fingerprint density at radius 1 is 1.00 bits per heavy atom. The third-order valence-corrected chi connectivity index (χ3v) is 2.86. The van der Waals surface area contributed by atoms with Crippen molar-refractivity contribution in [3.63, 3.8) is 0 Å². The highest BCUT2D eigenvalue weighted by Gasteiger charge is 2.17. The van der Waals surface area contributed by atoms with E-state index < -0.39 is 0 Å². The molecule has 0 radical (unpaired) electrons. The lowest BCUT2D eigenvalue weighted by atomic mass is 9.96. The topological polar surface area (TPSA) is 27.7 Å². The van der Waals surface area contributed by atoms with Gasteiger partial charge in [0, 0.05) is 17.7 Å². The van der Waals surface area contributed by atoms with Gasteiger partial charge in [0.05, 0.1) is 21.3 Å². The van der Waals surface area contributed by atoms with Crippen molar-refractivity contribution >= 4 is 0 Å². The van der Waals surface area contributed by atoms with Crippen molar-refractivity contribution in [1.82, 2.24) is 0 Å². The van der Waals surface area contributed by atoms with E-state index in [1.807, 2.05) is 12.1 Å². The molecule has 0 aliphatic rings. The quantitative estimate of drug-likeness (QED) is 0.768. The fourth-order valence-electron chi connectivity index (χ4n) is 1.72. The van der Waals surface area contributed by atoms with E-state index in [1.165, 1.54) is 0 Å². The number of benzene rings is 1. The van der Waals surface area contributed by atoms with E-state index >= 15 is 0 Å². The van der Waals surface area contributed by atoms with E-state index in [4.69, 9.17) is 14.2 Å². The molecule has 1 rings (SSSR count). The fraction of sp³-hybridized carbons (Fsp3) is 0.538. The lowest BCUT2D eigenvalue weighted by Gasteiger charge is -2.18. The minimum atomic E-state index is 0.399. The van der Waals surface area contributed by atoms with Crippen molar-refractivity contribution in [2.45, 2.75) is 26.2 Å². The van der Waals surface area contributed by atoms with Crippen LogP contribution in [0.2, 0.25) is 0 Å². The summed E-state index contributed by atoms with van der Waals surface area (Å²) in [5, 5.41) is 0. The van der Waals surface area contributed by atoms with Crippen LogP contribution < -0.4 is 14.2 Å². The van der Waals surface area contributed by atoms with Crippen LogP contribution in [0.4, 0.5) is 0 Å². The van der Waals surface area contributed by atoms with E-state index in [9.17, 15) is 0 Å². The first-order valence-electron chi connectivity index (χ1n) is 5.47. The Hall–Kier alpha value is -1.38. The molecule has 1 aromatic rings. The highest BCUT2D eigenvalue weighted by Crippen LogP contribution is 2.39. The monoisotopic (exact) mass is 224 g/mol. The summed E-state index contributed by atoms with van der Waals surface area (Å²) in [4.78, 5) is 0. The molecule has 1 aromatic carbocycles. The van der Waals surface area contributed by atoms with E-state index in [0.717, 1.165) is 29.2 Å². The Bertz CT molecular complexity index is 322. The molecular formula is C13H20O3. The lowest BCUT2D eigenvalue weighted by molar-refractivity contribution is 0.364. The second-order valence-corrected chi connectivity index (χ2v) is 3.75. The maximum absolute atomic E-state index is 5.39. The van der Waals surface area contributed by atoms with Gasteiger partial charge in [0.25, 0.3) is 0 Å². The summed E-state index contributed by atoms with van der Waals surface area (Å²) in [7, 11) is 4.97. The average Bonchev–Trinajstić information content (AvgIpc) is 2.35. The van der Waals surface area contributed by atoms with Gasteiger partial charge in [-0.3, -0.25) is 0 Å². The Morgan fingerprint density at radius 2 is 1.50 bits per heavy atom. The standard InChI is InChI=1S/C13H20O3/c1-6-9(2)13-11(15-4)7-10(14-3)8-12(13)16-5/h7-9H,6H2,1-5H3. The van der Waals surface area contributed by atoms with Crippen LogP contribution in [0.15, 0.2) is 12.1 Å². The first-order valence-corrected chi connectivity index (χ1v) is 5.47. The van der Waals surface area contributed by atoms with Crippen LogP contribution in [-0.4, -0.2) is 21.3 Å². The van der Waals surface area contributed by atoms with Crippen LogP contribution in [0.3, 0.4) is 0 Å². The van der Waals surface area contributed by atoms with Crippen molar-refractivity contribution in [2.75, 3.05) is 21.3 Å². The predicted octanol–water partition coefficient (Wildman–Crippen LogP) is 3.23. The summed E-state index contributed by atoms with van der Waals surface area (Å²) in [6.07, 6.45) is 1.04. The fourth-order valence-corrected chi connectivity index (χ4v) is 1.72. The number of hydrogen-bond donors (Lipinski definition) is 0. The van der Waals surface area contributed by atoms with Gasteiger partial charge in [-0.1, -0.05) is 13.8 Å². The van der Waals surface area contributed by atoms with Crippen molar-refractivity contribution in [3.8, 4) is 17.2 Å². The molecule has 0 amide bonds. The van der Waals surface area contributed by atoms with Crippen LogP contribution in [0, 0.1) is 0 Å². The van der Waals surface area contributed by atoms with Crippen LogP contribution in [-0.2, 0) is 0 Å². The molecule has 0 saturated carbocycles.